The second kappa shape index (κ2) is 12.3. The first-order chi connectivity index (χ1) is 19.7. The van der Waals surface area contributed by atoms with Gasteiger partial charge in [-0.2, -0.15) is 26.3 Å². The fourth-order valence-corrected chi connectivity index (χ4v) is 4.84. The number of unbranched alkanes of at least 4 members (excludes halogenated alkanes) is 2. The van der Waals surface area contributed by atoms with E-state index in [9.17, 15) is 50.2 Å². The van der Waals surface area contributed by atoms with Gasteiger partial charge in [-0.1, -0.05) is 26.7 Å². The number of alkyl halides is 6. The highest BCUT2D eigenvalue weighted by Crippen LogP contribution is 2.61. The molecule has 2 aromatic rings. The summed E-state index contributed by atoms with van der Waals surface area (Å²) in [7, 11) is 0. The van der Waals surface area contributed by atoms with Crippen molar-refractivity contribution in [3.05, 3.63) is 65.7 Å². The predicted molar refractivity (Wildman–Crippen MR) is 134 cm³/mol. The number of carboxylic acid groups (broad SMARTS) is 2. The summed E-state index contributed by atoms with van der Waals surface area (Å²) in [5.41, 5.74) is -21.0. The second-order valence-electron chi connectivity index (χ2n) is 9.39. The smallest absolute Gasteiger partial charge is 0.411 e. The number of benzene rings is 2. The number of aromatic hydroxyl groups is 2. The topological polar surface area (TPSA) is 201 Å². The van der Waals surface area contributed by atoms with Crippen molar-refractivity contribution in [3.63, 3.8) is 0 Å². The number of nitro groups is 2. The van der Waals surface area contributed by atoms with Crippen molar-refractivity contribution in [2.75, 3.05) is 0 Å². The van der Waals surface area contributed by atoms with Crippen LogP contribution in [0, 0.1) is 20.2 Å². The molecule has 0 atom stereocenters. The third-order valence-corrected chi connectivity index (χ3v) is 6.76. The molecule has 0 saturated carbocycles. The Morgan fingerprint density at radius 1 is 0.721 bits per heavy atom. The van der Waals surface area contributed by atoms with Crippen LogP contribution in [-0.2, 0) is 18.3 Å². The zero-order chi connectivity index (χ0) is 33.2. The molecule has 12 nitrogen and oxygen atoms in total. The lowest BCUT2D eigenvalue weighted by atomic mass is 9.68. The fraction of sp³-hybridized carbons (Fsp3) is 0.440. The van der Waals surface area contributed by atoms with Crippen LogP contribution in [-0.4, -0.2) is 54.6 Å². The minimum atomic E-state index is -6.78. The lowest BCUT2D eigenvalue weighted by molar-refractivity contribution is -0.386. The van der Waals surface area contributed by atoms with E-state index in [1.807, 2.05) is 0 Å². The largest absolute Gasteiger partial charge is 0.502 e. The first-order valence-corrected chi connectivity index (χ1v) is 12.4. The number of aromatic carboxylic acids is 2. The molecule has 0 unspecified atom stereocenters. The number of nitrogens with zero attached hydrogens (tertiary/aromatic N) is 2. The summed E-state index contributed by atoms with van der Waals surface area (Å²) in [6.45, 7) is 3.03. The molecule has 0 fully saturated rings. The molecule has 0 aliphatic rings. The lowest BCUT2D eigenvalue weighted by Gasteiger charge is -2.40. The molecule has 0 amide bonds. The molecule has 43 heavy (non-hydrogen) atoms. The molecule has 0 aromatic heterocycles. The van der Waals surface area contributed by atoms with Crippen LogP contribution in [0.1, 0.15) is 82.5 Å². The van der Waals surface area contributed by atoms with Crippen molar-refractivity contribution in [2.24, 2.45) is 0 Å². The first-order valence-electron chi connectivity index (χ1n) is 12.4. The Labute approximate surface area is 237 Å². The molecule has 0 aliphatic carbocycles. The van der Waals surface area contributed by atoms with Crippen molar-refractivity contribution >= 4 is 23.3 Å². The van der Waals surface area contributed by atoms with Gasteiger partial charge in [-0.3, -0.25) is 20.2 Å². The SMILES string of the molecule is CCCCc1cc(C(c2cc(CCCC)c(O)c([N+](=O)[O-])c2C(=O)O)(C(F)(F)F)C(F)(F)F)c(C(=O)O)c([N+](=O)[O-])c1O. The molecular formula is C25H24F6N2O10. The van der Waals surface area contributed by atoms with Crippen LogP contribution in [0.2, 0.25) is 0 Å². The number of phenols is 2. The van der Waals surface area contributed by atoms with E-state index < -0.39 is 109 Å². The zero-order valence-electron chi connectivity index (χ0n) is 22.3. The molecule has 2 rings (SSSR count). The van der Waals surface area contributed by atoms with Gasteiger partial charge in [0.1, 0.15) is 11.1 Å². The Morgan fingerprint density at radius 2 is 1.02 bits per heavy atom. The molecule has 0 radical (unpaired) electrons. The van der Waals surface area contributed by atoms with Gasteiger partial charge in [-0.15, -0.1) is 0 Å². The summed E-state index contributed by atoms with van der Waals surface area (Å²) in [4.78, 5) is 44.6. The number of halogens is 6. The molecular weight excluding hydrogens is 602 g/mol. The Bertz CT molecular complexity index is 1360. The predicted octanol–water partition coefficient (Wildman–Crippen LogP) is 6.41. The number of rotatable bonds is 12. The summed E-state index contributed by atoms with van der Waals surface area (Å²) in [5.74, 6) is -8.52. The number of carboxylic acids is 2. The van der Waals surface area contributed by atoms with E-state index in [4.69, 9.17) is 0 Å². The quantitative estimate of drug-likeness (QED) is 0.116. The third kappa shape index (κ3) is 5.85. The van der Waals surface area contributed by atoms with Crippen LogP contribution in [0.15, 0.2) is 12.1 Å². The summed E-state index contributed by atoms with van der Waals surface area (Å²) < 4.78 is 91.2. The number of carbonyl (C=O) groups is 2. The van der Waals surface area contributed by atoms with Crippen LogP contribution in [0.5, 0.6) is 11.5 Å². The van der Waals surface area contributed by atoms with Crippen LogP contribution in [0.25, 0.3) is 0 Å². The maximum absolute atomic E-state index is 15.2. The Morgan fingerprint density at radius 3 is 1.23 bits per heavy atom. The molecule has 0 spiro atoms. The Balaban J connectivity index is 3.57. The highest BCUT2D eigenvalue weighted by atomic mass is 19.4. The lowest BCUT2D eigenvalue weighted by Crippen LogP contribution is -2.56. The summed E-state index contributed by atoms with van der Waals surface area (Å²) >= 11 is 0. The Hall–Kier alpha value is -4.64. The maximum atomic E-state index is 15.2. The number of phenolic OH excluding ortho intramolecular Hbond substituents is 2. The van der Waals surface area contributed by atoms with Crippen molar-refractivity contribution in [1.82, 2.24) is 0 Å². The molecule has 2 aromatic carbocycles. The average Bonchev–Trinajstić information content (AvgIpc) is 2.85. The van der Waals surface area contributed by atoms with Crippen LogP contribution < -0.4 is 0 Å². The van der Waals surface area contributed by atoms with Gasteiger partial charge in [0.15, 0.2) is 11.5 Å². The van der Waals surface area contributed by atoms with Crippen LogP contribution >= 0.6 is 0 Å². The van der Waals surface area contributed by atoms with Crippen LogP contribution in [0.3, 0.4) is 0 Å². The highest BCUT2D eigenvalue weighted by Gasteiger charge is 2.75. The summed E-state index contributed by atoms with van der Waals surface area (Å²) in [6, 6.07) is -0.142. The number of nitro benzene ring substituents is 2. The fourth-order valence-electron chi connectivity index (χ4n) is 4.84. The van der Waals surface area contributed by atoms with Crippen molar-refractivity contribution in [3.8, 4) is 11.5 Å². The minimum Gasteiger partial charge on any atom is -0.502 e. The van der Waals surface area contributed by atoms with E-state index in [-0.39, 0.29) is 37.8 Å². The second-order valence-corrected chi connectivity index (χ2v) is 9.39. The van der Waals surface area contributed by atoms with Gasteiger partial charge in [-0.25, -0.2) is 9.59 Å². The molecule has 18 heteroatoms. The van der Waals surface area contributed by atoms with Crippen molar-refractivity contribution in [1.29, 1.82) is 0 Å². The van der Waals surface area contributed by atoms with E-state index in [0.29, 0.717) is 0 Å². The van der Waals surface area contributed by atoms with Crippen molar-refractivity contribution < 1.29 is 66.2 Å². The van der Waals surface area contributed by atoms with E-state index in [1.165, 1.54) is 13.8 Å². The molecule has 236 valence electrons. The molecule has 4 N–H and O–H groups in total. The van der Waals surface area contributed by atoms with Gasteiger partial charge >= 0.3 is 35.7 Å². The number of aryl methyl sites for hydroxylation is 2. The van der Waals surface area contributed by atoms with E-state index in [1.54, 1.807) is 0 Å². The monoisotopic (exact) mass is 626 g/mol. The van der Waals surface area contributed by atoms with Gasteiger partial charge in [-0.05, 0) is 37.8 Å². The molecule has 0 aliphatic heterocycles. The van der Waals surface area contributed by atoms with Gasteiger partial charge in [0, 0.05) is 22.3 Å². The van der Waals surface area contributed by atoms with Gasteiger partial charge in [0.05, 0.1) is 9.85 Å². The average molecular weight is 626 g/mol. The normalized spacial score (nSPS) is 12.3. The van der Waals surface area contributed by atoms with Crippen molar-refractivity contribution in [2.45, 2.75) is 70.1 Å². The first kappa shape index (κ1) is 34.6. The minimum absolute atomic E-state index is 0.0617. The molecule has 0 saturated heterocycles. The summed E-state index contributed by atoms with van der Waals surface area (Å²) in [6.07, 6.45) is -14.4. The van der Waals surface area contributed by atoms with E-state index >= 15 is 26.3 Å². The van der Waals surface area contributed by atoms with Gasteiger partial charge in [0.25, 0.3) is 0 Å². The maximum Gasteiger partial charge on any atom is 0.411 e. The van der Waals surface area contributed by atoms with E-state index in [2.05, 4.69) is 0 Å². The van der Waals surface area contributed by atoms with Gasteiger partial charge in [0.2, 0.25) is 5.41 Å². The highest BCUT2D eigenvalue weighted by molar-refractivity contribution is 5.99. The summed E-state index contributed by atoms with van der Waals surface area (Å²) in [5, 5.41) is 64.0. The van der Waals surface area contributed by atoms with Gasteiger partial charge < -0.3 is 20.4 Å². The van der Waals surface area contributed by atoms with Crippen LogP contribution in [0.4, 0.5) is 37.7 Å². The Kier molecular flexibility index (Phi) is 9.89. The molecule has 0 bridgehead atoms. The third-order valence-electron chi connectivity index (χ3n) is 6.76. The number of hydrogen-bond donors (Lipinski definition) is 4. The standard InChI is InChI=1S/C25H24F6N2O10/c1-3-5-7-11-9-13(15(21(36)37)17(19(11)34)32(40)41)23(24(26,27)28,25(29,30)31)14-10-12(8-6-4-2)20(35)18(33(42)43)16(14)22(38)39/h9-10,34-35H,3-8H2,1-2H3,(H,36,37)(H,38,39). The van der Waals surface area contributed by atoms with E-state index in [0.717, 1.165) is 0 Å². The molecule has 0 heterocycles. The number of hydrogen-bond acceptors (Lipinski definition) is 8. The zero-order valence-corrected chi connectivity index (χ0v) is 22.3.